The van der Waals surface area contributed by atoms with Gasteiger partial charge in [-0.2, -0.15) is 0 Å². The number of hydrogen-bond donors (Lipinski definition) is 1. The second-order valence-corrected chi connectivity index (χ2v) is 5.69. The summed E-state index contributed by atoms with van der Waals surface area (Å²) in [6.07, 6.45) is 1.86. The minimum absolute atomic E-state index is 0.391. The number of nitrogens with zero attached hydrogens (tertiary/aromatic N) is 1. The molecule has 4 aromatic rings. The summed E-state index contributed by atoms with van der Waals surface area (Å²) in [5.41, 5.74) is 8.34. The van der Waals surface area contributed by atoms with Crippen LogP contribution in [0, 0.1) is 0 Å². The fourth-order valence-corrected chi connectivity index (χ4v) is 3.19. The molecule has 0 unspecified atom stereocenters. The minimum Gasteiger partial charge on any atom is -0.366 e. The molecule has 1 heterocycles. The molecule has 0 fully saturated rings. The molecule has 4 rings (SSSR count). The molecule has 3 aromatic carbocycles. The predicted molar refractivity (Wildman–Crippen MR) is 93.5 cm³/mol. The highest BCUT2D eigenvalue weighted by atomic mass is 16.1. The first kappa shape index (κ1) is 13.6. The normalized spacial score (nSPS) is 11.1. The zero-order valence-electron chi connectivity index (χ0n) is 12.6. The van der Waals surface area contributed by atoms with Crippen LogP contribution in [0.3, 0.4) is 0 Å². The summed E-state index contributed by atoms with van der Waals surface area (Å²) in [6.45, 7) is 0.704. The van der Waals surface area contributed by atoms with Gasteiger partial charge in [-0.05, 0) is 22.4 Å². The van der Waals surface area contributed by atoms with E-state index in [2.05, 4.69) is 41.0 Å². The third kappa shape index (κ3) is 2.27. The summed E-state index contributed by atoms with van der Waals surface area (Å²) >= 11 is 0. The van der Waals surface area contributed by atoms with Crippen LogP contribution in [0.15, 0.2) is 72.9 Å². The number of primary amides is 1. The number of para-hydroxylation sites is 1. The molecule has 0 saturated carbocycles. The van der Waals surface area contributed by atoms with Crippen molar-refractivity contribution in [1.29, 1.82) is 0 Å². The molecular weight excluding hydrogens is 284 g/mol. The fourth-order valence-electron chi connectivity index (χ4n) is 3.19. The molecule has 0 bridgehead atoms. The number of nitrogens with two attached hydrogens (primary N) is 1. The molecule has 23 heavy (non-hydrogen) atoms. The van der Waals surface area contributed by atoms with Crippen molar-refractivity contribution in [2.24, 2.45) is 5.73 Å². The summed E-state index contributed by atoms with van der Waals surface area (Å²) < 4.78 is 2.09. The number of benzene rings is 3. The number of carbonyl (C=O) groups is 1. The van der Waals surface area contributed by atoms with Crippen LogP contribution < -0.4 is 5.73 Å². The third-order valence-corrected chi connectivity index (χ3v) is 4.27. The van der Waals surface area contributed by atoms with E-state index in [0.29, 0.717) is 12.1 Å². The Kier molecular flexibility index (Phi) is 3.12. The summed E-state index contributed by atoms with van der Waals surface area (Å²) in [7, 11) is 0. The van der Waals surface area contributed by atoms with Crippen molar-refractivity contribution in [3.8, 4) is 0 Å². The monoisotopic (exact) mass is 300 g/mol. The lowest BCUT2D eigenvalue weighted by molar-refractivity contribution is 0.100. The molecule has 0 radical (unpaired) electrons. The van der Waals surface area contributed by atoms with Gasteiger partial charge in [0.25, 0.3) is 5.91 Å². The van der Waals surface area contributed by atoms with Crippen molar-refractivity contribution < 1.29 is 4.79 Å². The standard InChI is InChI=1S/C20H16N2O/c21-20(23)18-13-22(19-11-4-3-10-17(18)19)12-15-8-5-7-14-6-1-2-9-16(14)15/h1-11,13H,12H2,(H2,21,23). The number of hydrogen-bond acceptors (Lipinski definition) is 1. The highest BCUT2D eigenvalue weighted by Gasteiger charge is 2.12. The number of fused-ring (bicyclic) bond motifs is 2. The number of rotatable bonds is 3. The van der Waals surface area contributed by atoms with E-state index in [-0.39, 0.29) is 0 Å². The molecule has 3 heteroatoms. The minimum atomic E-state index is -0.391. The Labute approximate surface area is 134 Å². The van der Waals surface area contributed by atoms with Crippen LogP contribution in [0.4, 0.5) is 0 Å². The second-order valence-electron chi connectivity index (χ2n) is 5.69. The van der Waals surface area contributed by atoms with Gasteiger partial charge in [0.1, 0.15) is 0 Å². The largest absolute Gasteiger partial charge is 0.366 e. The second kappa shape index (κ2) is 5.29. The highest BCUT2D eigenvalue weighted by molar-refractivity contribution is 6.06. The molecule has 0 atom stereocenters. The zero-order valence-corrected chi connectivity index (χ0v) is 12.6. The van der Waals surface area contributed by atoms with Crippen LogP contribution in [-0.2, 0) is 6.54 Å². The predicted octanol–water partition coefficient (Wildman–Crippen LogP) is 3.94. The van der Waals surface area contributed by atoms with Crippen LogP contribution in [0.25, 0.3) is 21.7 Å². The summed E-state index contributed by atoms with van der Waals surface area (Å²) in [5, 5.41) is 3.35. The SMILES string of the molecule is NC(=O)c1cn(Cc2cccc3ccccc23)c2ccccc12. The molecule has 1 amide bonds. The van der Waals surface area contributed by atoms with Gasteiger partial charge in [0.2, 0.25) is 0 Å². The molecular formula is C20H16N2O. The smallest absolute Gasteiger partial charge is 0.250 e. The van der Waals surface area contributed by atoms with Crippen molar-refractivity contribution in [3.63, 3.8) is 0 Å². The fraction of sp³-hybridized carbons (Fsp3) is 0.0500. The molecule has 0 aliphatic carbocycles. The number of amides is 1. The van der Waals surface area contributed by atoms with Crippen molar-refractivity contribution in [3.05, 3.63) is 84.1 Å². The Bertz CT molecular complexity index is 1020. The van der Waals surface area contributed by atoms with E-state index >= 15 is 0 Å². The summed E-state index contributed by atoms with van der Waals surface area (Å²) in [5.74, 6) is -0.391. The highest BCUT2D eigenvalue weighted by Crippen LogP contribution is 2.24. The van der Waals surface area contributed by atoms with Crippen molar-refractivity contribution in [1.82, 2.24) is 4.57 Å². The first-order chi connectivity index (χ1) is 11.2. The molecule has 3 nitrogen and oxygen atoms in total. The van der Waals surface area contributed by atoms with Gasteiger partial charge in [-0.3, -0.25) is 4.79 Å². The van der Waals surface area contributed by atoms with Gasteiger partial charge in [-0.15, -0.1) is 0 Å². The Morgan fingerprint density at radius 2 is 1.57 bits per heavy atom. The molecule has 2 N–H and O–H groups in total. The first-order valence-electron chi connectivity index (χ1n) is 7.58. The van der Waals surface area contributed by atoms with Crippen LogP contribution in [0.1, 0.15) is 15.9 Å². The summed E-state index contributed by atoms with van der Waals surface area (Å²) in [4.78, 5) is 11.7. The van der Waals surface area contributed by atoms with Gasteiger partial charge >= 0.3 is 0 Å². The molecule has 0 aliphatic rings. The Morgan fingerprint density at radius 1 is 0.870 bits per heavy atom. The Hall–Kier alpha value is -3.07. The van der Waals surface area contributed by atoms with E-state index in [9.17, 15) is 4.79 Å². The van der Waals surface area contributed by atoms with Crippen LogP contribution in [-0.4, -0.2) is 10.5 Å². The molecule has 0 spiro atoms. The van der Waals surface area contributed by atoms with Gasteiger partial charge in [-0.25, -0.2) is 0 Å². The quantitative estimate of drug-likeness (QED) is 0.612. The summed E-state index contributed by atoms with van der Waals surface area (Å²) in [6, 6.07) is 22.5. The average molecular weight is 300 g/mol. The molecule has 0 aliphatic heterocycles. The van der Waals surface area contributed by atoms with Crippen molar-refractivity contribution in [2.45, 2.75) is 6.54 Å². The number of carbonyl (C=O) groups excluding carboxylic acids is 1. The van der Waals surface area contributed by atoms with E-state index in [1.807, 2.05) is 36.5 Å². The maximum absolute atomic E-state index is 11.7. The zero-order chi connectivity index (χ0) is 15.8. The van der Waals surface area contributed by atoms with Crippen molar-refractivity contribution >= 4 is 27.6 Å². The van der Waals surface area contributed by atoms with Crippen LogP contribution >= 0.6 is 0 Å². The van der Waals surface area contributed by atoms with E-state index in [4.69, 9.17) is 5.73 Å². The van der Waals surface area contributed by atoms with E-state index in [1.165, 1.54) is 16.3 Å². The van der Waals surface area contributed by atoms with Gasteiger partial charge in [0.05, 0.1) is 5.56 Å². The van der Waals surface area contributed by atoms with Gasteiger partial charge in [0.15, 0.2) is 0 Å². The molecule has 1 aromatic heterocycles. The van der Waals surface area contributed by atoms with E-state index in [0.717, 1.165) is 10.9 Å². The maximum Gasteiger partial charge on any atom is 0.250 e. The van der Waals surface area contributed by atoms with E-state index < -0.39 is 5.91 Å². The van der Waals surface area contributed by atoms with Crippen molar-refractivity contribution in [2.75, 3.05) is 0 Å². The third-order valence-electron chi connectivity index (χ3n) is 4.27. The van der Waals surface area contributed by atoms with E-state index in [1.54, 1.807) is 0 Å². The van der Waals surface area contributed by atoms with Crippen LogP contribution in [0.2, 0.25) is 0 Å². The lowest BCUT2D eigenvalue weighted by Crippen LogP contribution is -2.10. The maximum atomic E-state index is 11.7. The van der Waals surface area contributed by atoms with Gasteiger partial charge < -0.3 is 10.3 Å². The lowest BCUT2D eigenvalue weighted by atomic mass is 10.0. The lowest BCUT2D eigenvalue weighted by Gasteiger charge is -2.09. The molecule has 0 saturated heterocycles. The Balaban J connectivity index is 1.88. The van der Waals surface area contributed by atoms with Gasteiger partial charge in [0, 0.05) is 23.6 Å². The topological polar surface area (TPSA) is 48.0 Å². The first-order valence-corrected chi connectivity index (χ1v) is 7.58. The Morgan fingerprint density at radius 3 is 2.39 bits per heavy atom. The van der Waals surface area contributed by atoms with Crippen LogP contribution in [0.5, 0.6) is 0 Å². The molecule has 112 valence electrons. The number of aromatic nitrogens is 1. The average Bonchev–Trinajstić information content (AvgIpc) is 2.94. The van der Waals surface area contributed by atoms with Gasteiger partial charge in [-0.1, -0.05) is 60.7 Å².